The molecule has 1 rings (SSSR count). The van der Waals surface area contributed by atoms with E-state index >= 15 is 0 Å². The first-order chi connectivity index (χ1) is 9.04. The maximum absolute atomic E-state index is 12.9. The fourth-order valence-electron chi connectivity index (χ4n) is 1.81. The van der Waals surface area contributed by atoms with Crippen LogP contribution in [0.25, 0.3) is 0 Å². The van der Waals surface area contributed by atoms with Crippen molar-refractivity contribution in [2.24, 2.45) is 0 Å². The largest absolute Gasteiger partial charge is 0.494 e. The van der Waals surface area contributed by atoms with Gasteiger partial charge in [0.2, 0.25) is 0 Å². The van der Waals surface area contributed by atoms with E-state index in [0.717, 1.165) is 12.8 Å². The summed E-state index contributed by atoms with van der Waals surface area (Å²) in [6.07, 6.45) is 7.25. The number of alkyl halides is 3. The molecule has 1 aromatic rings. The fraction of sp³-hybridized carbons (Fsp3) is 0.600. The zero-order valence-corrected chi connectivity index (χ0v) is 12.9. The third-order valence-electron chi connectivity index (χ3n) is 2.95. The van der Waals surface area contributed by atoms with Gasteiger partial charge in [0.1, 0.15) is 5.75 Å². The van der Waals surface area contributed by atoms with E-state index in [1.165, 1.54) is 37.8 Å². The quantitative estimate of drug-likeness (QED) is 0.405. The Morgan fingerprint density at radius 1 is 1.00 bits per heavy atom. The Balaban J connectivity index is 2.20. The van der Waals surface area contributed by atoms with Gasteiger partial charge in [-0.05, 0) is 46.6 Å². The van der Waals surface area contributed by atoms with Gasteiger partial charge in [0, 0.05) is 5.56 Å². The highest BCUT2D eigenvalue weighted by atomic mass is 79.9. The molecule has 0 aliphatic carbocycles. The van der Waals surface area contributed by atoms with Crippen LogP contribution in [0, 0.1) is 0 Å². The van der Waals surface area contributed by atoms with Crippen LogP contribution >= 0.6 is 15.9 Å². The molecule has 0 atom stereocenters. The van der Waals surface area contributed by atoms with Crippen molar-refractivity contribution in [3.8, 4) is 5.75 Å². The molecular weight excluding hydrogens is 314 g/mol. The van der Waals surface area contributed by atoms with Crippen molar-refractivity contribution in [1.29, 1.82) is 0 Å². The van der Waals surface area contributed by atoms with E-state index in [4.69, 9.17) is 4.74 Å². The molecule has 0 radical (unpaired) electrons. The topological polar surface area (TPSA) is 9.23 Å². The Bertz CT molecular complexity index is 346. The maximum atomic E-state index is 12.9. The van der Waals surface area contributed by atoms with Crippen molar-refractivity contribution >= 4 is 15.9 Å². The van der Waals surface area contributed by atoms with Gasteiger partial charge in [-0.2, -0.15) is 8.78 Å². The molecule has 108 valence electrons. The Morgan fingerprint density at radius 2 is 1.58 bits per heavy atom. The first-order valence-electron chi connectivity index (χ1n) is 6.84. The first kappa shape index (κ1) is 16.4. The number of rotatable bonds is 9. The highest BCUT2D eigenvalue weighted by molar-refractivity contribution is 9.09. The zero-order chi connectivity index (χ0) is 14.1. The van der Waals surface area contributed by atoms with Crippen molar-refractivity contribution in [3.63, 3.8) is 0 Å². The van der Waals surface area contributed by atoms with Gasteiger partial charge in [-0.25, -0.2) is 0 Å². The summed E-state index contributed by atoms with van der Waals surface area (Å²) < 4.78 is 31.4. The van der Waals surface area contributed by atoms with E-state index < -0.39 is 4.83 Å². The van der Waals surface area contributed by atoms with Crippen LogP contribution in [0.1, 0.15) is 51.0 Å². The highest BCUT2D eigenvalue weighted by Crippen LogP contribution is 2.35. The van der Waals surface area contributed by atoms with Gasteiger partial charge in [0.15, 0.2) is 0 Å². The molecule has 0 saturated carbocycles. The Kier molecular flexibility index (Phi) is 7.36. The average molecular weight is 335 g/mol. The molecule has 0 N–H and O–H groups in total. The fourth-order valence-corrected chi connectivity index (χ4v) is 2.08. The lowest BCUT2D eigenvalue weighted by molar-refractivity contribution is 0.114. The van der Waals surface area contributed by atoms with Crippen LogP contribution in [0.4, 0.5) is 8.78 Å². The van der Waals surface area contributed by atoms with Crippen LogP contribution in [0.2, 0.25) is 0 Å². The summed E-state index contributed by atoms with van der Waals surface area (Å²) in [4.78, 5) is -2.97. The molecule has 0 unspecified atom stereocenters. The van der Waals surface area contributed by atoms with Crippen LogP contribution in [-0.2, 0) is 4.83 Å². The summed E-state index contributed by atoms with van der Waals surface area (Å²) in [5.41, 5.74) is -0.0561. The summed E-state index contributed by atoms with van der Waals surface area (Å²) in [7, 11) is 0. The summed E-state index contributed by atoms with van der Waals surface area (Å²) in [6, 6.07) is 5.93. The Morgan fingerprint density at radius 3 is 2.16 bits per heavy atom. The molecule has 1 nitrogen and oxygen atoms in total. The van der Waals surface area contributed by atoms with Crippen LogP contribution in [0.15, 0.2) is 24.3 Å². The molecular formula is C15H21BrF2O. The number of hydrogen-bond acceptors (Lipinski definition) is 1. The lowest BCUT2D eigenvalue weighted by Crippen LogP contribution is -2.02. The molecule has 4 heteroatoms. The van der Waals surface area contributed by atoms with E-state index in [-0.39, 0.29) is 5.56 Å². The molecule has 0 aliphatic heterocycles. The number of unbranched alkanes of at least 4 members (excludes halogenated alkanes) is 5. The number of halogens is 3. The van der Waals surface area contributed by atoms with Crippen molar-refractivity contribution in [3.05, 3.63) is 29.8 Å². The van der Waals surface area contributed by atoms with E-state index in [1.54, 1.807) is 12.1 Å². The average Bonchev–Trinajstić information content (AvgIpc) is 2.37. The van der Waals surface area contributed by atoms with Crippen LogP contribution < -0.4 is 4.74 Å². The van der Waals surface area contributed by atoms with Crippen molar-refractivity contribution < 1.29 is 13.5 Å². The first-order valence-corrected chi connectivity index (χ1v) is 7.63. The third-order valence-corrected chi connectivity index (χ3v) is 3.41. The van der Waals surface area contributed by atoms with Gasteiger partial charge in [-0.15, -0.1) is 0 Å². The van der Waals surface area contributed by atoms with Gasteiger partial charge in [0.25, 0.3) is 0 Å². The molecule has 0 fully saturated rings. The van der Waals surface area contributed by atoms with Crippen LogP contribution in [-0.4, -0.2) is 6.61 Å². The second-order valence-electron chi connectivity index (χ2n) is 4.64. The summed E-state index contributed by atoms with van der Waals surface area (Å²) in [6.45, 7) is 2.85. The third kappa shape index (κ3) is 6.90. The molecule has 0 amide bonds. The molecule has 0 heterocycles. The molecule has 0 saturated heterocycles. The number of benzene rings is 1. The highest BCUT2D eigenvalue weighted by Gasteiger charge is 2.26. The predicted octanol–water partition coefficient (Wildman–Crippen LogP) is 5.87. The van der Waals surface area contributed by atoms with Gasteiger partial charge in [-0.1, -0.05) is 39.0 Å². The van der Waals surface area contributed by atoms with Gasteiger partial charge < -0.3 is 4.74 Å². The standard InChI is InChI=1S/C15H21BrF2O/c1-2-3-4-5-6-7-12-19-14-10-8-13(9-11-14)15(16,17)18/h8-11H,2-7,12H2,1H3. The summed E-state index contributed by atoms with van der Waals surface area (Å²) >= 11 is 2.33. The monoisotopic (exact) mass is 334 g/mol. The van der Waals surface area contributed by atoms with Gasteiger partial charge in [0.05, 0.1) is 6.61 Å². The van der Waals surface area contributed by atoms with E-state index in [2.05, 4.69) is 22.9 Å². The van der Waals surface area contributed by atoms with E-state index in [0.29, 0.717) is 12.4 Å². The number of ether oxygens (including phenoxy) is 1. The second kappa shape index (κ2) is 8.51. The summed E-state index contributed by atoms with van der Waals surface area (Å²) in [5, 5.41) is 0. The number of hydrogen-bond donors (Lipinski definition) is 0. The zero-order valence-electron chi connectivity index (χ0n) is 11.3. The lowest BCUT2D eigenvalue weighted by Gasteiger charge is -2.10. The normalized spacial score (nSPS) is 11.6. The molecule has 1 aromatic carbocycles. The maximum Gasteiger partial charge on any atom is 0.326 e. The molecule has 0 spiro atoms. The smallest absolute Gasteiger partial charge is 0.326 e. The van der Waals surface area contributed by atoms with Crippen molar-refractivity contribution in [2.75, 3.05) is 6.61 Å². The summed E-state index contributed by atoms with van der Waals surface area (Å²) in [5.74, 6) is 0.647. The second-order valence-corrected chi connectivity index (χ2v) is 5.63. The van der Waals surface area contributed by atoms with Crippen LogP contribution in [0.5, 0.6) is 5.75 Å². The predicted molar refractivity (Wildman–Crippen MR) is 78.1 cm³/mol. The molecule has 0 bridgehead atoms. The van der Waals surface area contributed by atoms with E-state index in [1.807, 2.05) is 0 Å². The molecule has 0 aromatic heterocycles. The van der Waals surface area contributed by atoms with E-state index in [9.17, 15) is 8.78 Å². The Hall–Kier alpha value is -0.640. The van der Waals surface area contributed by atoms with Crippen LogP contribution in [0.3, 0.4) is 0 Å². The van der Waals surface area contributed by atoms with Gasteiger partial charge >= 0.3 is 4.83 Å². The Labute approximate surface area is 122 Å². The SMILES string of the molecule is CCCCCCCCOc1ccc(C(F)(F)Br)cc1. The van der Waals surface area contributed by atoms with Gasteiger partial charge in [-0.3, -0.25) is 0 Å². The minimum absolute atomic E-state index is 0.0561. The molecule has 0 aliphatic rings. The van der Waals surface area contributed by atoms with Crippen molar-refractivity contribution in [2.45, 2.75) is 50.3 Å². The minimum atomic E-state index is -2.97. The van der Waals surface area contributed by atoms with Crippen molar-refractivity contribution in [1.82, 2.24) is 0 Å². The minimum Gasteiger partial charge on any atom is -0.494 e. The molecule has 19 heavy (non-hydrogen) atoms. The lowest BCUT2D eigenvalue weighted by atomic mass is 10.1.